The first-order valence-electron chi connectivity index (χ1n) is 7.39. The molecule has 0 saturated heterocycles. The Morgan fingerprint density at radius 1 is 1.05 bits per heavy atom. The molecule has 0 aromatic heterocycles. The molecule has 0 aliphatic rings. The molecule has 0 heterocycles. The summed E-state index contributed by atoms with van der Waals surface area (Å²) < 4.78 is 5.11. The van der Waals surface area contributed by atoms with Crippen LogP contribution >= 0.6 is 0 Å². The number of nitrogens with one attached hydrogen (secondary N) is 1. The summed E-state index contributed by atoms with van der Waals surface area (Å²) in [5.41, 5.74) is 2.06. The molecule has 116 valence electrons. The molecule has 4 heteroatoms. The van der Waals surface area contributed by atoms with Gasteiger partial charge in [0.1, 0.15) is 0 Å². The number of hydrogen-bond acceptors (Lipinski definition) is 3. The molecule has 22 heavy (non-hydrogen) atoms. The molecule has 0 aliphatic carbocycles. The topological polar surface area (TPSA) is 41.6 Å². The summed E-state index contributed by atoms with van der Waals surface area (Å²) in [5.74, 6) is 0.0600. The minimum Gasteiger partial charge on any atom is -0.383 e. The molecule has 2 aromatic rings. The van der Waals surface area contributed by atoms with Gasteiger partial charge < -0.3 is 15.0 Å². The summed E-state index contributed by atoms with van der Waals surface area (Å²) in [7, 11) is 1.65. The number of rotatable bonds is 8. The van der Waals surface area contributed by atoms with E-state index in [1.165, 1.54) is 0 Å². The van der Waals surface area contributed by atoms with Gasteiger partial charge in [0.15, 0.2) is 0 Å². The zero-order valence-corrected chi connectivity index (χ0v) is 12.9. The summed E-state index contributed by atoms with van der Waals surface area (Å²) >= 11 is 0. The fraction of sp³-hybridized carbons (Fsp3) is 0.278. The molecule has 0 unspecified atom stereocenters. The first kappa shape index (κ1) is 16.0. The molecular weight excluding hydrogens is 276 g/mol. The van der Waals surface area contributed by atoms with Gasteiger partial charge in [-0.2, -0.15) is 0 Å². The number of hydrogen-bond donors (Lipinski definition) is 1. The average molecular weight is 298 g/mol. The van der Waals surface area contributed by atoms with Crippen molar-refractivity contribution in [2.45, 2.75) is 6.54 Å². The predicted molar refractivity (Wildman–Crippen MR) is 88.7 cm³/mol. The molecule has 1 N–H and O–H groups in total. The van der Waals surface area contributed by atoms with E-state index in [0.29, 0.717) is 19.7 Å². The Labute approximate surface area is 131 Å². The standard InChI is InChI=1S/C18H22N2O2/c1-22-13-12-20(15-16-8-4-2-5-9-16)18(21)14-19-17-10-6-3-7-11-17/h2-11,19H,12-15H2,1H3. The Bertz CT molecular complexity index is 558. The molecule has 0 atom stereocenters. The van der Waals surface area contributed by atoms with Gasteiger partial charge in [0.05, 0.1) is 13.2 Å². The third-order valence-electron chi connectivity index (χ3n) is 3.35. The van der Waals surface area contributed by atoms with Gasteiger partial charge in [0.2, 0.25) is 5.91 Å². The van der Waals surface area contributed by atoms with Crippen LogP contribution in [0.2, 0.25) is 0 Å². The quantitative estimate of drug-likeness (QED) is 0.815. The molecule has 0 radical (unpaired) electrons. The van der Waals surface area contributed by atoms with Gasteiger partial charge in [-0.3, -0.25) is 4.79 Å². The molecule has 0 bridgehead atoms. The van der Waals surface area contributed by atoms with Crippen molar-refractivity contribution in [3.05, 3.63) is 66.2 Å². The molecule has 2 rings (SSSR count). The van der Waals surface area contributed by atoms with Crippen LogP contribution in [-0.2, 0) is 16.1 Å². The zero-order chi connectivity index (χ0) is 15.6. The number of ether oxygens (including phenoxy) is 1. The van der Waals surface area contributed by atoms with E-state index in [1.54, 1.807) is 7.11 Å². The normalized spacial score (nSPS) is 10.2. The van der Waals surface area contributed by atoms with Crippen LogP contribution in [0.1, 0.15) is 5.56 Å². The lowest BCUT2D eigenvalue weighted by Gasteiger charge is -2.23. The Balaban J connectivity index is 1.93. The third kappa shape index (κ3) is 5.22. The number of carbonyl (C=O) groups excluding carboxylic acids is 1. The lowest BCUT2D eigenvalue weighted by atomic mass is 10.2. The molecule has 2 aromatic carbocycles. The second-order valence-electron chi connectivity index (χ2n) is 5.01. The van der Waals surface area contributed by atoms with E-state index >= 15 is 0 Å². The fourth-order valence-corrected chi connectivity index (χ4v) is 2.14. The number of methoxy groups -OCH3 is 1. The van der Waals surface area contributed by atoms with Crippen molar-refractivity contribution in [1.29, 1.82) is 0 Å². The van der Waals surface area contributed by atoms with Gasteiger partial charge in [-0.05, 0) is 17.7 Å². The van der Waals surface area contributed by atoms with Gasteiger partial charge in [0, 0.05) is 25.9 Å². The highest BCUT2D eigenvalue weighted by molar-refractivity contribution is 5.80. The second kappa shape index (κ2) is 8.85. The van der Waals surface area contributed by atoms with E-state index in [2.05, 4.69) is 5.32 Å². The maximum Gasteiger partial charge on any atom is 0.242 e. The first-order chi connectivity index (χ1) is 10.8. The Kier molecular flexibility index (Phi) is 6.45. The third-order valence-corrected chi connectivity index (χ3v) is 3.35. The molecule has 0 spiro atoms. The summed E-state index contributed by atoms with van der Waals surface area (Å²) in [4.78, 5) is 14.2. The minimum absolute atomic E-state index is 0.0600. The highest BCUT2D eigenvalue weighted by Gasteiger charge is 2.13. The maximum absolute atomic E-state index is 12.4. The number of nitrogens with zero attached hydrogens (tertiary/aromatic N) is 1. The molecule has 0 saturated carbocycles. The SMILES string of the molecule is COCCN(Cc1ccccc1)C(=O)CNc1ccccc1. The largest absolute Gasteiger partial charge is 0.383 e. The van der Waals surface area contributed by atoms with E-state index in [4.69, 9.17) is 4.74 Å². The van der Waals surface area contributed by atoms with E-state index in [-0.39, 0.29) is 12.5 Å². The smallest absolute Gasteiger partial charge is 0.242 e. The van der Waals surface area contributed by atoms with Gasteiger partial charge in [0.25, 0.3) is 0 Å². The number of anilines is 1. The maximum atomic E-state index is 12.4. The van der Waals surface area contributed by atoms with Crippen molar-refractivity contribution in [2.24, 2.45) is 0 Å². The summed E-state index contributed by atoms with van der Waals surface area (Å²) in [5, 5.41) is 3.16. The Morgan fingerprint density at radius 2 is 1.68 bits per heavy atom. The van der Waals surface area contributed by atoms with Gasteiger partial charge in [-0.1, -0.05) is 48.5 Å². The van der Waals surface area contributed by atoms with Crippen LogP contribution in [0, 0.1) is 0 Å². The van der Waals surface area contributed by atoms with Crippen LogP contribution in [0.15, 0.2) is 60.7 Å². The molecular formula is C18H22N2O2. The van der Waals surface area contributed by atoms with Crippen LogP contribution in [0.3, 0.4) is 0 Å². The predicted octanol–water partition coefficient (Wildman–Crippen LogP) is 2.77. The van der Waals surface area contributed by atoms with Gasteiger partial charge >= 0.3 is 0 Å². The zero-order valence-electron chi connectivity index (χ0n) is 12.9. The fourth-order valence-electron chi connectivity index (χ4n) is 2.14. The van der Waals surface area contributed by atoms with Crippen molar-refractivity contribution in [3.8, 4) is 0 Å². The minimum atomic E-state index is 0.0600. The first-order valence-corrected chi connectivity index (χ1v) is 7.39. The Hall–Kier alpha value is -2.33. The van der Waals surface area contributed by atoms with Crippen molar-refractivity contribution < 1.29 is 9.53 Å². The van der Waals surface area contributed by atoms with Crippen LogP contribution in [0.5, 0.6) is 0 Å². The van der Waals surface area contributed by atoms with Crippen molar-refractivity contribution in [2.75, 3.05) is 32.1 Å². The lowest BCUT2D eigenvalue weighted by Crippen LogP contribution is -2.37. The van der Waals surface area contributed by atoms with Crippen LogP contribution in [0.25, 0.3) is 0 Å². The molecule has 0 aliphatic heterocycles. The summed E-state index contributed by atoms with van der Waals surface area (Å²) in [6.07, 6.45) is 0. The highest BCUT2D eigenvalue weighted by Crippen LogP contribution is 2.07. The number of amides is 1. The van der Waals surface area contributed by atoms with Crippen molar-refractivity contribution in [1.82, 2.24) is 4.90 Å². The van der Waals surface area contributed by atoms with E-state index in [0.717, 1.165) is 11.3 Å². The van der Waals surface area contributed by atoms with Gasteiger partial charge in [-0.15, -0.1) is 0 Å². The number of carbonyl (C=O) groups is 1. The van der Waals surface area contributed by atoms with E-state index in [9.17, 15) is 4.79 Å². The van der Waals surface area contributed by atoms with Crippen LogP contribution in [-0.4, -0.2) is 37.6 Å². The molecule has 4 nitrogen and oxygen atoms in total. The van der Waals surface area contributed by atoms with Crippen molar-refractivity contribution in [3.63, 3.8) is 0 Å². The monoisotopic (exact) mass is 298 g/mol. The molecule has 1 amide bonds. The van der Waals surface area contributed by atoms with E-state index < -0.39 is 0 Å². The second-order valence-corrected chi connectivity index (χ2v) is 5.01. The van der Waals surface area contributed by atoms with Crippen LogP contribution in [0.4, 0.5) is 5.69 Å². The van der Waals surface area contributed by atoms with Crippen molar-refractivity contribution >= 4 is 11.6 Å². The lowest BCUT2D eigenvalue weighted by molar-refractivity contribution is -0.130. The number of para-hydroxylation sites is 1. The Morgan fingerprint density at radius 3 is 2.32 bits per heavy atom. The average Bonchev–Trinajstić information content (AvgIpc) is 2.58. The summed E-state index contributed by atoms with van der Waals surface area (Å²) in [6.45, 7) is 1.99. The number of benzene rings is 2. The van der Waals surface area contributed by atoms with Gasteiger partial charge in [-0.25, -0.2) is 0 Å². The van der Waals surface area contributed by atoms with E-state index in [1.807, 2.05) is 65.6 Å². The highest BCUT2D eigenvalue weighted by atomic mass is 16.5. The molecule has 0 fully saturated rings. The summed E-state index contributed by atoms with van der Waals surface area (Å²) in [6, 6.07) is 19.7. The van der Waals surface area contributed by atoms with Crippen LogP contribution < -0.4 is 5.32 Å².